The van der Waals surface area contributed by atoms with E-state index in [1.165, 1.54) is 59.4 Å². The Morgan fingerprint density at radius 1 is 0.366 bits per heavy atom. The SMILES string of the molecule is CN(C)C=C1C(=O)CSCC1=O.CN(C)C=C1C(=O)CSCC1=O.Cn1ncc2c1CSCC2=O.Cn1ncc2c1CSCC2=O.O=C1CSCC(=O)C1.O=C1CSCC(=O)C1.O=C1CSCc2oncc21.O=C1CSCc2oncc21. The van der Waals surface area contributed by atoms with Crippen molar-refractivity contribution in [2.45, 2.75) is 35.9 Å². The molecular weight excluding hydrogens is 1220 g/mol. The van der Waals surface area contributed by atoms with E-state index in [0.717, 1.165) is 57.0 Å². The first-order chi connectivity index (χ1) is 39.1. The highest BCUT2D eigenvalue weighted by Crippen LogP contribution is 2.27. The van der Waals surface area contributed by atoms with Gasteiger partial charge in [-0.15, -0.1) is 94.1 Å². The average molecular weight is 1280 g/mol. The van der Waals surface area contributed by atoms with Gasteiger partial charge in [0.25, 0.3) is 0 Å². The molecule has 0 aromatic carbocycles. The fourth-order valence-corrected chi connectivity index (χ4v) is 14.0. The van der Waals surface area contributed by atoms with Gasteiger partial charge < -0.3 is 18.8 Å². The number of aryl methyl sites for hydroxylation is 2. The number of thioether (sulfide) groups is 8. The molecule has 8 aliphatic heterocycles. The monoisotopic (exact) mass is 1280 g/mol. The van der Waals surface area contributed by atoms with Gasteiger partial charge in [0.1, 0.15) is 23.1 Å². The predicted octanol–water partition coefficient (Wildman–Crippen LogP) is 5.06. The summed E-state index contributed by atoms with van der Waals surface area (Å²) in [5.74, 6) is 11.8. The number of nitrogens with zero attached hydrogens (tertiary/aromatic N) is 8. The Morgan fingerprint density at radius 3 is 0.902 bits per heavy atom. The standard InChI is InChI=1S/2C8H11NO2S.2C7H8N2OS.2C6H5NO2S.2C5H6O2S/c2*1-9(2)3-6-7(10)4-12-5-8(6)11;2*1-9-6-3-11-4-7(10)5(6)2-8-9;2*8-5-2-10-3-6-4(5)1-7-9-6;2*6-4-1-5(7)3-8-2-4/h2*3H,4-5H2,1-2H3;2*2H,3-4H2,1H3;2*1H,2-3H2;2*1-3H2. The van der Waals surface area contributed by atoms with E-state index < -0.39 is 0 Å². The molecule has 0 aliphatic carbocycles. The Bertz CT molecular complexity index is 2840. The molecule has 30 heteroatoms. The van der Waals surface area contributed by atoms with Crippen LogP contribution in [0.15, 0.2) is 57.4 Å². The lowest BCUT2D eigenvalue weighted by atomic mass is 10.1. The Morgan fingerprint density at radius 2 is 0.634 bits per heavy atom. The second kappa shape index (κ2) is 34.5. The summed E-state index contributed by atoms with van der Waals surface area (Å²) in [5, 5.41) is 15.2. The molecular formula is C52H60N8O14S8. The molecule has 0 radical (unpaired) electrons. The minimum atomic E-state index is -0.0510. The molecule has 0 unspecified atom stereocenters. The summed E-state index contributed by atoms with van der Waals surface area (Å²) in [6.45, 7) is 0. The van der Waals surface area contributed by atoms with Crippen molar-refractivity contribution in [3.05, 3.63) is 93.5 Å². The Kier molecular flexibility index (Phi) is 28.4. The zero-order chi connectivity index (χ0) is 59.9. The van der Waals surface area contributed by atoms with Gasteiger partial charge in [-0.3, -0.25) is 66.9 Å². The van der Waals surface area contributed by atoms with Crippen LogP contribution in [0.3, 0.4) is 0 Å². The van der Waals surface area contributed by atoms with Crippen LogP contribution in [0.1, 0.15) is 77.2 Å². The van der Waals surface area contributed by atoms with Gasteiger partial charge in [0.15, 0.2) is 57.8 Å². The van der Waals surface area contributed by atoms with Gasteiger partial charge >= 0.3 is 0 Å². The third-order valence-electron chi connectivity index (χ3n) is 11.2. The Hall–Kier alpha value is -5.24. The van der Waals surface area contributed by atoms with Gasteiger partial charge in [-0.05, 0) is 0 Å². The number of fused-ring (bicyclic) bond motifs is 4. The maximum absolute atomic E-state index is 11.2. The van der Waals surface area contributed by atoms with Crippen molar-refractivity contribution in [3.8, 4) is 0 Å². The fourth-order valence-electron chi connectivity index (χ4n) is 7.29. The molecule has 82 heavy (non-hydrogen) atoms. The van der Waals surface area contributed by atoms with Crippen molar-refractivity contribution >= 4 is 163 Å². The van der Waals surface area contributed by atoms with Crippen molar-refractivity contribution in [3.63, 3.8) is 0 Å². The van der Waals surface area contributed by atoms with E-state index in [4.69, 9.17) is 9.05 Å². The molecule has 4 saturated heterocycles. The fraction of sp³-hybridized carbons (Fsp3) is 0.462. The highest BCUT2D eigenvalue weighted by Gasteiger charge is 2.26. The third kappa shape index (κ3) is 21.7. The van der Waals surface area contributed by atoms with Crippen molar-refractivity contribution < 1.29 is 66.6 Å². The quantitative estimate of drug-likeness (QED) is 0.144. The summed E-state index contributed by atoms with van der Waals surface area (Å²) in [6, 6.07) is 0. The van der Waals surface area contributed by atoms with Crippen molar-refractivity contribution in [1.82, 2.24) is 39.7 Å². The van der Waals surface area contributed by atoms with Gasteiger partial charge in [-0.2, -0.15) is 10.2 Å². The largest absolute Gasteiger partial charge is 0.383 e. The number of rotatable bonds is 2. The second-order valence-corrected chi connectivity index (χ2v) is 26.3. The van der Waals surface area contributed by atoms with Crippen molar-refractivity contribution in [2.75, 3.05) is 97.2 Å². The summed E-state index contributed by atoms with van der Waals surface area (Å²) >= 11 is 12.0. The lowest BCUT2D eigenvalue weighted by molar-refractivity contribution is -0.126. The molecule has 0 atom stereocenters. The summed E-state index contributed by atoms with van der Waals surface area (Å²) < 4.78 is 13.2. The van der Waals surface area contributed by atoms with Gasteiger partial charge in [-0.1, -0.05) is 10.3 Å². The normalized spacial score (nSPS) is 18.1. The van der Waals surface area contributed by atoms with Crippen molar-refractivity contribution in [1.29, 1.82) is 0 Å². The van der Waals surface area contributed by atoms with Crippen LogP contribution in [0.25, 0.3) is 0 Å². The molecule has 0 bridgehead atoms. The van der Waals surface area contributed by atoms with Crippen LogP contribution >= 0.6 is 94.1 Å². The van der Waals surface area contributed by atoms with Crippen LogP contribution in [-0.4, -0.2) is 206 Å². The number of Topliss-reactive ketones (excluding diaryl/α,β-unsaturated/α-hetero) is 12. The summed E-state index contributed by atoms with van der Waals surface area (Å²) in [5.41, 5.74) is 5.77. The van der Waals surface area contributed by atoms with Gasteiger partial charge in [0.05, 0.1) is 163 Å². The summed E-state index contributed by atoms with van der Waals surface area (Å²) in [4.78, 5) is 134. The third-order valence-corrected chi connectivity index (χ3v) is 19.0. The summed E-state index contributed by atoms with van der Waals surface area (Å²) in [6.07, 6.45) is 9.87. The molecule has 4 aromatic heterocycles. The van der Waals surface area contributed by atoms with E-state index in [2.05, 4.69) is 20.5 Å². The van der Waals surface area contributed by atoms with Crippen LogP contribution in [-0.2, 0) is 75.5 Å². The molecule has 12 rings (SSSR count). The molecule has 0 N–H and O–H groups in total. The molecule has 12 heterocycles. The minimum Gasteiger partial charge on any atom is -0.383 e. The average Bonchev–Trinajstić information content (AvgIpc) is 4.27. The first-order valence-electron chi connectivity index (χ1n) is 24.7. The number of carbonyl (C=O) groups excluding carboxylic acids is 12. The smallest absolute Gasteiger partial charge is 0.177 e. The first-order valence-corrected chi connectivity index (χ1v) is 34.0. The van der Waals surface area contributed by atoms with Gasteiger partial charge in [-0.25, -0.2) is 0 Å². The van der Waals surface area contributed by atoms with E-state index in [1.807, 2.05) is 14.1 Å². The second-order valence-electron chi connectivity index (χ2n) is 18.4. The van der Waals surface area contributed by atoms with E-state index in [9.17, 15) is 57.5 Å². The van der Waals surface area contributed by atoms with Crippen LogP contribution in [0, 0.1) is 0 Å². The number of allylic oxidation sites excluding steroid dienone is 2. The topological polar surface area (TPSA) is 299 Å². The van der Waals surface area contributed by atoms with Gasteiger partial charge in [0.2, 0.25) is 0 Å². The van der Waals surface area contributed by atoms with Crippen LogP contribution < -0.4 is 0 Å². The van der Waals surface area contributed by atoms with Crippen molar-refractivity contribution in [2.24, 2.45) is 14.1 Å². The highest BCUT2D eigenvalue weighted by atomic mass is 32.2. The maximum Gasteiger partial charge on any atom is 0.177 e. The van der Waals surface area contributed by atoms with E-state index in [1.54, 1.807) is 119 Å². The van der Waals surface area contributed by atoms with E-state index in [-0.39, 0.29) is 82.2 Å². The lowest BCUT2D eigenvalue weighted by Gasteiger charge is -2.13. The predicted molar refractivity (Wildman–Crippen MR) is 324 cm³/mol. The number of carbonyl (C=O) groups is 12. The lowest BCUT2D eigenvalue weighted by Crippen LogP contribution is -2.24. The maximum atomic E-state index is 11.2. The minimum absolute atomic E-state index is 0.0510. The molecule has 22 nitrogen and oxygen atoms in total. The molecule has 0 amide bonds. The Balaban J connectivity index is 0.000000172. The molecule has 4 aromatic rings. The zero-order valence-electron chi connectivity index (χ0n) is 45.8. The number of hydrogen-bond donors (Lipinski definition) is 0. The molecule has 440 valence electrons. The van der Waals surface area contributed by atoms with Crippen LogP contribution in [0.2, 0.25) is 0 Å². The first kappa shape index (κ1) is 67.5. The Labute approximate surface area is 506 Å². The van der Waals surface area contributed by atoms with Gasteiger partial charge in [0, 0.05) is 66.2 Å². The van der Waals surface area contributed by atoms with Crippen LogP contribution in [0.5, 0.6) is 0 Å². The molecule has 8 aliphatic rings. The van der Waals surface area contributed by atoms with E-state index >= 15 is 0 Å². The highest BCUT2D eigenvalue weighted by molar-refractivity contribution is 8.02. The van der Waals surface area contributed by atoms with E-state index in [0.29, 0.717) is 91.3 Å². The number of hydrogen-bond acceptors (Lipinski definition) is 28. The zero-order valence-corrected chi connectivity index (χ0v) is 52.3. The number of ketones is 12. The number of aromatic nitrogens is 6. The van der Waals surface area contributed by atoms with Crippen LogP contribution in [0.4, 0.5) is 0 Å². The summed E-state index contributed by atoms with van der Waals surface area (Å²) in [7, 11) is 10.9. The molecule has 0 spiro atoms. The molecule has 0 saturated carbocycles. The molecule has 4 fully saturated rings.